The van der Waals surface area contributed by atoms with E-state index in [-0.39, 0.29) is 31.2 Å². The lowest BCUT2D eigenvalue weighted by atomic mass is 10.1. The number of carbonyl (C=O) groups is 4. The Bertz CT molecular complexity index is 900. The van der Waals surface area contributed by atoms with Gasteiger partial charge in [-0.05, 0) is 50.2 Å². The number of benzene rings is 2. The van der Waals surface area contributed by atoms with Crippen molar-refractivity contribution >= 4 is 23.7 Å². The van der Waals surface area contributed by atoms with Gasteiger partial charge in [0.15, 0.2) is 5.78 Å². The van der Waals surface area contributed by atoms with E-state index in [1.165, 1.54) is 55.5 Å². The summed E-state index contributed by atoms with van der Waals surface area (Å²) < 4.78 is 20.2. The molecule has 0 aromatic heterocycles. The fourth-order valence-corrected chi connectivity index (χ4v) is 2.44. The van der Waals surface area contributed by atoms with Crippen molar-refractivity contribution in [1.82, 2.24) is 0 Å². The first-order valence-corrected chi connectivity index (χ1v) is 9.72. The van der Waals surface area contributed by atoms with Crippen molar-refractivity contribution in [1.29, 1.82) is 0 Å². The standard InChI is InChI=1S/C23H24O8/c1-3-28-12-13-29-21(25)19-8-10-20(11-9-19)23(27)31-15-14-30-22(26)18-6-4-17(5-7-18)16(2)24/h4-11H,3,12-15H2,1-2H3. The summed E-state index contributed by atoms with van der Waals surface area (Å²) >= 11 is 0. The number of ketones is 1. The van der Waals surface area contributed by atoms with Crippen molar-refractivity contribution in [2.24, 2.45) is 0 Å². The fourth-order valence-electron chi connectivity index (χ4n) is 2.44. The summed E-state index contributed by atoms with van der Waals surface area (Å²) in [6.07, 6.45) is 0. The van der Waals surface area contributed by atoms with Crippen LogP contribution in [0.3, 0.4) is 0 Å². The van der Waals surface area contributed by atoms with Crippen LogP contribution in [0.15, 0.2) is 48.5 Å². The van der Waals surface area contributed by atoms with Gasteiger partial charge in [0.05, 0.1) is 23.3 Å². The number of Topliss-reactive ketones (excluding diaryl/α,β-unsaturated/α-hetero) is 1. The summed E-state index contributed by atoms with van der Waals surface area (Å²) in [6.45, 7) is 4.04. The van der Waals surface area contributed by atoms with Gasteiger partial charge in [0, 0.05) is 12.2 Å². The van der Waals surface area contributed by atoms with Gasteiger partial charge in [0.25, 0.3) is 0 Å². The van der Waals surface area contributed by atoms with E-state index in [1.54, 1.807) is 0 Å². The highest BCUT2D eigenvalue weighted by Gasteiger charge is 2.12. The van der Waals surface area contributed by atoms with Crippen LogP contribution in [0.1, 0.15) is 55.3 Å². The predicted molar refractivity (Wildman–Crippen MR) is 110 cm³/mol. The minimum Gasteiger partial charge on any atom is -0.460 e. The monoisotopic (exact) mass is 428 g/mol. The molecule has 0 bridgehead atoms. The van der Waals surface area contributed by atoms with Gasteiger partial charge in [-0.15, -0.1) is 0 Å². The lowest BCUT2D eigenvalue weighted by Crippen LogP contribution is -2.14. The molecule has 8 nitrogen and oxygen atoms in total. The van der Waals surface area contributed by atoms with E-state index < -0.39 is 17.9 Å². The number of ether oxygens (including phenoxy) is 4. The Morgan fingerprint density at radius 3 is 1.23 bits per heavy atom. The van der Waals surface area contributed by atoms with Crippen LogP contribution in [-0.2, 0) is 18.9 Å². The molecule has 31 heavy (non-hydrogen) atoms. The molecule has 8 heteroatoms. The average Bonchev–Trinajstić information content (AvgIpc) is 2.79. The third-order valence-electron chi connectivity index (χ3n) is 4.10. The van der Waals surface area contributed by atoms with E-state index in [0.717, 1.165) is 0 Å². The largest absolute Gasteiger partial charge is 0.460 e. The molecule has 2 aromatic rings. The quantitative estimate of drug-likeness (QED) is 0.233. The van der Waals surface area contributed by atoms with Crippen molar-refractivity contribution in [3.63, 3.8) is 0 Å². The molecule has 2 aromatic carbocycles. The van der Waals surface area contributed by atoms with Gasteiger partial charge >= 0.3 is 17.9 Å². The van der Waals surface area contributed by atoms with E-state index in [2.05, 4.69) is 0 Å². The molecule has 0 saturated carbocycles. The average molecular weight is 428 g/mol. The van der Waals surface area contributed by atoms with E-state index in [4.69, 9.17) is 18.9 Å². The first-order valence-electron chi connectivity index (χ1n) is 9.72. The zero-order valence-electron chi connectivity index (χ0n) is 17.4. The van der Waals surface area contributed by atoms with E-state index in [0.29, 0.717) is 29.9 Å². The fraction of sp³-hybridized carbons (Fsp3) is 0.304. The molecule has 0 aliphatic rings. The van der Waals surface area contributed by atoms with Crippen molar-refractivity contribution in [2.75, 3.05) is 33.0 Å². The molecule has 0 amide bonds. The van der Waals surface area contributed by atoms with Gasteiger partial charge in [0.1, 0.15) is 19.8 Å². The molecule has 0 heterocycles. The number of hydrogen-bond acceptors (Lipinski definition) is 8. The Hall–Kier alpha value is -3.52. The van der Waals surface area contributed by atoms with Crippen molar-refractivity contribution in [3.05, 3.63) is 70.8 Å². The van der Waals surface area contributed by atoms with Crippen LogP contribution in [0.4, 0.5) is 0 Å². The second kappa shape index (κ2) is 12.2. The topological polar surface area (TPSA) is 105 Å². The Morgan fingerprint density at radius 2 is 0.903 bits per heavy atom. The normalized spacial score (nSPS) is 10.3. The summed E-state index contributed by atoms with van der Waals surface area (Å²) in [5, 5.41) is 0. The first-order chi connectivity index (χ1) is 14.9. The molecule has 2 rings (SSSR count). The SMILES string of the molecule is CCOCCOC(=O)c1ccc(C(=O)OCCOC(=O)c2ccc(C(C)=O)cc2)cc1. The van der Waals surface area contributed by atoms with Gasteiger partial charge in [-0.3, -0.25) is 4.79 Å². The summed E-state index contributed by atoms with van der Waals surface area (Å²) in [5.74, 6) is -1.81. The first kappa shape index (κ1) is 23.8. The van der Waals surface area contributed by atoms with Crippen molar-refractivity contribution in [2.45, 2.75) is 13.8 Å². The minimum absolute atomic E-state index is 0.0988. The van der Waals surface area contributed by atoms with Crippen LogP contribution in [0, 0.1) is 0 Å². The second-order valence-electron chi connectivity index (χ2n) is 6.32. The molecule has 0 N–H and O–H groups in total. The summed E-state index contributed by atoms with van der Waals surface area (Å²) in [4.78, 5) is 47.1. The highest BCUT2D eigenvalue weighted by Crippen LogP contribution is 2.09. The highest BCUT2D eigenvalue weighted by molar-refractivity contribution is 5.96. The second-order valence-corrected chi connectivity index (χ2v) is 6.32. The smallest absolute Gasteiger partial charge is 0.338 e. The molecule has 0 saturated heterocycles. The number of carbonyl (C=O) groups excluding carboxylic acids is 4. The third-order valence-corrected chi connectivity index (χ3v) is 4.10. The summed E-state index contributed by atoms with van der Waals surface area (Å²) in [7, 11) is 0. The van der Waals surface area contributed by atoms with Crippen LogP contribution in [-0.4, -0.2) is 56.7 Å². The molecule has 0 unspecified atom stereocenters. The predicted octanol–water partition coefficient (Wildman–Crippen LogP) is 3.10. The van der Waals surface area contributed by atoms with Crippen LogP contribution in [0.5, 0.6) is 0 Å². The Labute approximate surface area is 180 Å². The Balaban J connectivity index is 1.73. The van der Waals surface area contributed by atoms with Crippen LogP contribution < -0.4 is 0 Å². The molecular formula is C23H24O8. The molecule has 0 fully saturated rings. The molecule has 0 aliphatic carbocycles. The van der Waals surface area contributed by atoms with Gasteiger partial charge in [-0.2, -0.15) is 0 Å². The number of rotatable bonds is 11. The third kappa shape index (κ3) is 7.67. The molecule has 0 aliphatic heterocycles. The van der Waals surface area contributed by atoms with Crippen LogP contribution in [0.2, 0.25) is 0 Å². The van der Waals surface area contributed by atoms with E-state index in [9.17, 15) is 19.2 Å². The molecule has 0 atom stereocenters. The Kier molecular flexibility index (Phi) is 9.38. The zero-order valence-corrected chi connectivity index (χ0v) is 17.4. The number of hydrogen-bond donors (Lipinski definition) is 0. The van der Waals surface area contributed by atoms with E-state index >= 15 is 0 Å². The van der Waals surface area contributed by atoms with Gasteiger partial charge < -0.3 is 18.9 Å². The summed E-state index contributed by atoms with van der Waals surface area (Å²) in [5.41, 5.74) is 1.34. The maximum absolute atomic E-state index is 12.1. The summed E-state index contributed by atoms with van der Waals surface area (Å²) in [6, 6.07) is 11.9. The van der Waals surface area contributed by atoms with Crippen molar-refractivity contribution in [3.8, 4) is 0 Å². The van der Waals surface area contributed by atoms with Gasteiger partial charge in [0.2, 0.25) is 0 Å². The highest BCUT2D eigenvalue weighted by atomic mass is 16.6. The van der Waals surface area contributed by atoms with Crippen LogP contribution >= 0.6 is 0 Å². The van der Waals surface area contributed by atoms with Gasteiger partial charge in [-0.25, -0.2) is 14.4 Å². The minimum atomic E-state index is -0.613. The molecule has 164 valence electrons. The maximum Gasteiger partial charge on any atom is 0.338 e. The van der Waals surface area contributed by atoms with Gasteiger partial charge in [-0.1, -0.05) is 12.1 Å². The number of esters is 3. The van der Waals surface area contributed by atoms with Crippen LogP contribution in [0.25, 0.3) is 0 Å². The lowest BCUT2D eigenvalue weighted by Gasteiger charge is -2.08. The molecule has 0 radical (unpaired) electrons. The van der Waals surface area contributed by atoms with E-state index in [1.807, 2.05) is 6.92 Å². The van der Waals surface area contributed by atoms with Crippen molar-refractivity contribution < 1.29 is 38.1 Å². The molecular weight excluding hydrogens is 404 g/mol. The molecule has 0 spiro atoms. The Morgan fingerprint density at radius 1 is 0.581 bits per heavy atom. The maximum atomic E-state index is 12.1. The lowest BCUT2D eigenvalue weighted by molar-refractivity contribution is 0.0265. The zero-order chi connectivity index (χ0) is 22.6.